The first-order chi connectivity index (χ1) is 12.9. The van der Waals surface area contributed by atoms with Crippen LogP contribution in [-0.2, 0) is 16.0 Å². The summed E-state index contributed by atoms with van der Waals surface area (Å²) < 4.78 is 10.8. The zero-order chi connectivity index (χ0) is 19.6. The second-order valence-electron chi connectivity index (χ2n) is 7.04. The number of amides is 2. The third kappa shape index (κ3) is 4.01. The van der Waals surface area contributed by atoms with Crippen LogP contribution in [0.15, 0.2) is 12.1 Å². The summed E-state index contributed by atoms with van der Waals surface area (Å²) in [4.78, 5) is 29.2. The van der Waals surface area contributed by atoms with Gasteiger partial charge in [-0.15, -0.1) is 0 Å². The molecule has 1 saturated heterocycles. The van der Waals surface area contributed by atoms with Crippen molar-refractivity contribution < 1.29 is 19.1 Å². The Balaban J connectivity index is 1.90. The van der Waals surface area contributed by atoms with E-state index in [-0.39, 0.29) is 11.8 Å². The van der Waals surface area contributed by atoms with Gasteiger partial charge in [-0.3, -0.25) is 15.0 Å². The molecule has 2 amide bonds. The molecule has 2 aliphatic rings. The summed E-state index contributed by atoms with van der Waals surface area (Å²) in [6.45, 7) is 5.30. The smallest absolute Gasteiger partial charge is 0.261 e. The van der Waals surface area contributed by atoms with Crippen molar-refractivity contribution in [2.45, 2.75) is 19.4 Å². The maximum absolute atomic E-state index is 13.1. The van der Waals surface area contributed by atoms with Crippen molar-refractivity contribution >= 4 is 11.8 Å². The number of carbonyl (C=O) groups is 2. The number of hydrogen-bond acceptors (Lipinski definition) is 6. The van der Waals surface area contributed by atoms with Gasteiger partial charge < -0.3 is 19.3 Å². The molecule has 1 unspecified atom stereocenters. The molecule has 0 aromatic heterocycles. The Kier molecular flexibility index (Phi) is 5.86. The van der Waals surface area contributed by atoms with Gasteiger partial charge >= 0.3 is 0 Å². The summed E-state index contributed by atoms with van der Waals surface area (Å²) >= 11 is 0. The van der Waals surface area contributed by atoms with Crippen LogP contribution in [0.25, 0.3) is 0 Å². The van der Waals surface area contributed by atoms with Gasteiger partial charge in [0.1, 0.15) is 6.04 Å². The first-order valence-corrected chi connectivity index (χ1v) is 9.20. The zero-order valence-electron chi connectivity index (χ0n) is 16.4. The molecule has 1 fully saturated rings. The van der Waals surface area contributed by atoms with E-state index in [0.29, 0.717) is 24.5 Å². The maximum atomic E-state index is 13.1. The number of ether oxygens (including phenoxy) is 2. The number of hydrazine groups is 1. The minimum absolute atomic E-state index is 0.117. The number of methoxy groups -OCH3 is 2. The topological polar surface area (TPSA) is 74.4 Å². The molecule has 8 heteroatoms. The molecule has 1 atom stereocenters. The summed E-state index contributed by atoms with van der Waals surface area (Å²) in [6.07, 6.45) is 0.674. The quantitative estimate of drug-likeness (QED) is 0.822. The Hall–Kier alpha value is -2.32. The lowest BCUT2D eigenvalue weighted by Gasteiger charge is -2.38. The predicted molar refractivity (Wildman–Crippen MR) is 101 cm³/mol. The third-order valence-corrected chi connectivity index (χ3v) is 5.30. The van der Waals surface area contributed by atoms with Gasteiger partial charge in [-0.05, 0) is 36.7 Å². The largest absolute Gasteiger partial charge is 0.493 e. The molecule has 1 aromatic rings. The van der Waals surface area contributed by atoms with Gasteiger partial charge in [0.2, 0.25) is 5.91 Å². The predicted octanol–water partition coefficient (Wildman–Crippen LogP) is 0.428. The number of likely N-dealkylation sites (N-methyl/N-ethyl adjacent to an activating group) is 1. The lowest BCUT2D eigenvalue weighted by molar-refractivity contribution is -0.142. The second-order valence-corrected chi connectivity index (χ2v) is 7.04. The Morgan fingerprint density at radius 3 is 2.26 bits per heavy atom. The van der Waals surface area contributed by atoms with Crippen LogP contribution in [0.3, 0.4) is 0 Å². The molecule has 2 aliphatic heterocycles. The molecule has 2 heterocycles. The molecule has 0 spiro atoms. The van der Waals surface area contributed by atoms with Crippen molar-refractivity contribution in [1.29, 1.82) is 0 Å². The summed E-state index contributed by atoms with van der Waals surface area (Å²) in [5.41, 5.74) is 4.80. The number of hydrogen-bond donors (Lipinski definition) is 1. The number of nitrogens with zero attached hydrogens (tertiary/aromatic N) is 3. The Labute approximate surface area is 160 Å². The zero-order valence-corrected chi connectivity index (χ0v) is 16.4. The van der Waals surface area contributed by atoms with Gasteiger partial charge in [-0.2, -0.15) is 0 Å². The number of carbonyl (C=O) groups excluding carboxylic acids is 2. The average Bonchev–Trinajstić information content (AvgIpc) is 2.67. The molecule has 8 nitrogen and oxygen atoms in total. The number of benzene rings is 1. The van der Waals surface area contributed by atoms with E-state index in [0.717, 1.165) is 37.3 Å². The van der Waals surface area contributed by atoms with Crippen LogP contribution in [0.1, 0.15) is 24.1 Å². The highest BCUT2D eigenvalue weighted by molar-refractivity contribution is 5.89. The molecular formula is C19H28N4O4. The second kappa shape index (κ2) is 8.14. The maximum Gasteiger partial charge on any atom is 0.261 e. The van der Waals surface area contributed by atoms with Gasteiger partial charge in [0.05, 0.1) is 14.2 Å². The summed E-state index contributed by atoms with van der Waals surface area (Å²) in [7, 11) is 5.22. The molecule has 0 radical (unpaired) electrons. The number of piperazine rings is 1. The van der Waals surface area contributed by atoms with Gasteiger partial charge in [0.15, 0.2) is 11.5 Å². The monoisotopic (exact) mass is 376 g/mol. The van der Waals surface area contributed by atoms with E-state index in [1.54, 1.807) is 19.1 Å². The lowest BCUT2D eigenvalue weighted by Crippen LogP contribution is -2.56. The highest BCUT2D eigenvalue weighted by Crippen LogP contribution is 2.38. The van der Waals surface area contributed by atoms with E-state index in [9.17, 15) is 9.59 Å². The Bertz CT molecular complexity index is 716. The lowest BCUT2D eigenvalue weighted by atomic mass is 9.91. The summed E-state index contributed by atoms with van der Waals surface area (Å²) in [5, 5.41) is 1.93. The number of rotatable bonds is 4. The van der Waals surface area contributed by atoms with E-state index in [1.807, 2.05) is 17.1 Å². The van der Waals surface area contributed by atoms with Crippen LogP contribution in [0.2, 0.25) is 0 Å². The van der Waals surface area contributed by atoms with E-state index >= 15 is 0 Å². The van der Waals surface area contributed by atoms with Gasteiger partial charge in [-0.25, -0.2) is 5.01 Å². The molecule has 148 valence electrons. The molecule has 1 N–H and O–H groups in total. The van der Waals surface area contributed by atoms with Crippen molar-refractivity contribution in [2.75, 3.05) is 54.0 Å². The van der Waals surface area contributed by atoms with Crippen molar-refractivity contribution in [2.24, 2.45) is 0 Å². The molecule has 0 aliphatic carbocycles. The van der Waals surface area contributed by atoms with E-state index in [1.165, 1.54) is 6.92 Å². The number of nitrogens with one attached hydrogen (secondary N) is 1. The van der Waals surface area contributed by atoms with Crippen molar-refractivity contribution in [1.82, 2.24) is 20.2 Å². The SMILES string of the molecule is COc1cc2c(cc1OC)C(C(=O)NN1CCN(C)CC1)N(C(C)=O)CC2. The highest BCUT2D eigenvalue weighted by atomic mass is 16.5. The summed E-state index contributed by atoms with van der Waals surface area (Å²) in [5.74, 6) is 0.877. The van der Waals surface area contributed by atoms with Gasteiger partial charge in [-0.1, -0.05) is 0 Å². The highest BCUT2D eigenvalue weighted by Gasteiger charge is 2.36. The first kappa shape index (κ1) is 19.4. The van der Waals surface area contributed by atoms with E-state index in [4.69, 9.17) is 9.47 Å². The van der Waals surface area contributed by atoms with Gasteiger partial charge in [0.25, 0.3) is 5.91 Å². The van der Waals surface area contributed by atoms with E-state index in [2.05, 4.69) is 17.4 Å². The van der Waals surface area contributed by atoms with Crippen molar-refractivity contribution in [3.8, 4) is 11.5 Å². The van der Waals surface area contributed by atoms with Crippen LogP contribution in [0, 0.1) is 0 Å². The van der Waals surface area contributed by atoms with Crippen LogP contribution in [-0.4, -0.2) is 80.6 Å². The molecule has 1 aromatic carbocycles. The molecule has 3 rings (SSSR count). The standard InChI is InChI=1S/C19H28N4O4/c1-13(24)23-6-5-14-11-16(26-3)17(27-4)12-15(14)18(23)19(25)20-22-9-7-21(2)8-10-22/h11-12,18H,5-10H2,1-4H3,(H,20,25). The van der Waals surface area contributed by atoms with Gasteiger partial charge in [0, 0.05) is 39.6 Å². The molecular weight excluding hydrogens is 348 g/mol. The average molecular weight is 376 g/mol. The van der Waals surface area contributed by atoms with Crippen LogP contribution >= 0.6 is 0 Å². The van der Waals surface area contributed by atoms with Crippen LogP contribution in [0.5, 0.6) is 11.5 Å². The van der Waals surface area contributed by atoms with Crippen molar-refractivity contribution in [3.63, 3.8) is 0 Å². The van der Waals surface area contributed by atoms with Crippen molar-refractivity contribution in [3.05, 3.63) is 23.3 Å². The van der Waals surface area contributed by atoms with Crippen LogP contribution < -0.4 is 14.9 Å². The Morgan fingerprint density at radius 1 is 1.04 bits per heavy atom. The number of fused-ring (bicyclic) bond motifs is 1. The summed E-state index contributed by atoms with van der Waals surface area (Å²) in [6, 6.07) is 3.05. The molecule has 0 bridgehead atoms. The fourth-order valence-corrected chi connectivity index (χ4v) is 3.70. The van der Waals surface area contributed by atoms with Crippen LogP contribution in [0.4, 0.5) is 0 Å². The third-order valence-electron chi connectivity index (χ3n) is 5.30. The Morgan fingerprint density at radius 2 is 1.67 bits per heavy atom. The molecule has 0 saturated carbocycles. The molecule has 27 heavy (non-hydrogen) atoms. The minimum Gasteiger partial charge on any atom is -0.493 e. The minimum atomic E-state index is -0.675. The fraction of sp³-hybridized carbons (Fsp3) is 0.579. The first-order valence-electron chi connectivity index (χ1n) is 9.20. The van der Waals surface area contributed by atoms with E-state index < -0.39 is 6.04 Å². The normalized spacial score (nSPS) is 20.7. The fourth-order valence-electron chi connectivity index (χ4n) is 3.70.